The van der Waals surface area contributed by atoms with Crippen LogP contribution in [0.3, 0.4) is 0 Å². The molecule has 0 radical (unpaired) electrons. The smallest absolute Gasteiger partial charge is 0.322 e. The molecule has 0 aromatic carbocycles. The van der Waals surface area contributed by atoms with Gasteiger partial charge >= 0.3 is 6.03 Å². The van der Waals surface area contributed by atoms with Gasteiger partial charge in [-0.15, -0.1) is 6.58 Å². The number of rotatable bonds is 2. The molecule has 12 heavy (non-hydrogen) atoms. The molecule has 2 N–H and O–H groups in total. The Morgan fingerprint density at radius 2 is 2.33 bits per heavy atom. The Morgan fingerprint density at radius 1 is 1.75 bits per heavy atom. The van der Waals surface area contributed by atoms with Gasteiger partial charge < -0.3 is 4.90 Å². The molecule has 0 heterocycles. The summed E-state index contributed by atoms with van der Waals surface area (Å²) < 4.78 is 0. The van der Waals surface area contributed by atoms with Gasteiger partial charge in [0, 0.05) is 19.8 Å². The van der Waals surface area contributed by atoms with E-state index in [1.165, 1.54) is 16.7 Å². The van der Waals surface area contributed by atoms with Crippen LogP contribution in [0.5, 0.6) is 0 Å². The first-order valence-corrected chi connectivity index (χ1v) is 4.37. The molecule has 0 bridgehead atoms. The average molecular weight is 187 g/mol. The van der Waals surface area contributed by atoms with Gasteiger partial charge in [-0.25, -0.2) is 4.79 Å². The zero-order valence-corrected chi connectivity index (χ0v) is 8.07. The second kappa shape index (κ2) is 5.65. The number of nitrogens with zero attached hydrogens (tertiary/aromatic N) is 1. The number of hydrogen-bond acceptors (Lipinski definition) is 3. The molecule has 68 valence electrons. The molecule has 0 fully saturated rings. The first kappa shape index (κ1) is 11.0. The van der Waals surface area contributed by atoms with Crippen LogP contribution in [0.25, 0.3) is 0 Å². The summed E-state index contributed by atoms with van der Waals surface area (Å²) in [6, 6.07) is -0.281. The summed E-state index contributed by atoms with van der Waals surface area (Å²) in [5, 5.41) is 9.82. The van der Waals surface area contributed by atoms with E-state index in [1.807, 2.05) is 0 Å². The minimum atomic E-state index is -0.281. The van der Waals surface area contributed by atoms with Crippen LogP contribution in [0.1, 0.15) is 0 Å². The standard InChI is InChI=1S/C7H13N3OS/c1-4-5-12-6(8)9-7(11)10(2)3/h4H,1,5H2,2-3H3,(H2,8,9,11). The van der Waals surface area contributed by atoms with Gasteiger partial charge in [0.15, 0.2) is 5.17 Å². The van der Waals surface area contributed by atoms with E-state index in [2.05, 4.69) is 11.9 Å². The maximum absolute atomic E-state index is 11.0. The zero-order chi connectivity index (χ0) is 9.56. The van der Waals surface area contributed by atoms with Crippen LogP contribution in [0.4, 0.5) is 4.79 Å². The minimum Gasteiger partial charge on any atom is -0.331 e. The predicted octanol–water partition coefficient (Wildman–Crippen LogP) is 1.11. The highest BCUT2D eigenvalue weighted by molar-refractivity contribution is 8.13. The fourth-order valence-corrected chi connectivity index (χ4v) is 0.831. The lowest BCUT2D eigenvalue weighted by molar-refractivity contribution is 0.222. The molecule has 0 aliphatic heterocycles. The van der Waals surface area contributed by atoms with Crippen LogP contribution in [0, 0.1) is 5.41 Å². The molecule has 0 spiro atoms. The molecule has 0 atom stereocenters. The molecular formula is C7H13N3OS. The van der Waals surface area contributed by atoms with Crippen LogP contribution >= 0.6 is 11.8 Å². The van der Waals surface area contributed by atoms with Crippen molar-refractivity contribution in [2.24, 2.45) is 0 Å². The van der Waals surface area contributed by atoms with E-state index in [4.69, 9.17) is 5.41 Å². The van der Waals surface area contributed by atoms with Crippen LogP contribution < -0.4 is 5.32 Å². The first-order valence-electron chi connectivity index (χ1n) is 3.38. The maximum Gasteiger partial charge on any atom is 0.322 e. The largest absolute Gasteiger partial charge is 0.331 e. The maximum atomic E-state index is 11.0. The van der Waals surface area contributed by atoms with Gasteiger partial charge in [0.05, 0.1) is 0 Å². The zero-order valence-electron chi connectivity index (χ0n) is 7.26. The molecule has 0 aliphatic rings. The molecule has 2 amide bonds. The molecular weight excluding hydrogens is 174 g/mol. The third kappa shape index (κ3) is 4.79. The fourth-order valence-electron chi connectivity index (χ4n) is 0.387. The van der Waals surface area contributed by atoms with Gasteiger partial charge in [-0.2, -0.15) is 0 Å². The van der Waals surface area contributed by atoms with Gasteiger partial charge in [-0.05, 0) is 0 Å². The van der Waals surface area contributed by atoms with E-state index in [9.17, 15) is 4.79 Å². The Labute approximate surface area is 76.5 Å². The Hall–Kier alpha value is -0.970. The highest BCUT2D eigenvalue weighted by Crippen LogP contribution is 1.99. The summed E-state index contributed by atoms with van der Waals surface area (Å²) in [7, 11) is 3.25. The number of hydrogen-bond donors (Lipinski definition) is 2. The number of carbonyl (C=O) groups excluding carboxylic acids is 1. The van der Waals surface area contributed by atoms with Crippen molar-refractivity contribution in [2.75, 3.05) is 19.8 Å². The van der Waals surface area contributed by atoms with Gasteiger partial charge in [0.1, 0.15) is 0 Å². The van der Waals surface area contributed by atoms with Crippen molar-refractivity contribution in [3.8, 4) is 0 Å². The SMILES string of the molecule is C=CCSC(=N)NC(=O)N(C)C. The number of nitrogens with one attached hydrogen (secondary N) is 2. The van der Waals surface area contributed by atoms with Crippen molar-refractivity contribution in [3.05, 3.63) is 12.7 Å². The molecule has 0 aromatic heterocycles. The van der Waals surface area contributed by atoms with Crippen molar-refractivity contribution >= 4 is 23.0 Å². The Kier molecular flexibility index (Phi) is 5.19. The molecule has 0 saturated heterocycles. The van der Waals surface area contributed by atoms with Gasteiger partial charge in [-0.1, -0.05) is 17.8 Å². The first-order chi connectivity index (χ1) is 5.57. The molecule has 4 nitrogen and oxygen atoms in total. The monoisotopic (exact) mass is 187 g/mol. The number of carbonyl (C=O) groups is 1. The summed E-state index contributed by atoms with van der Waals surface area (Å²) in [4.78, 5) is 12.3. The predicted molar refractivity (Wildman–Crippen MR) is 52.6 cm³/mol. The second-order valence-electron chi connectivity index (χ2n) is 2.25. The highest BCUT2D eigenvalue weighted by Gasteiger charge is 2.04. The molecule has 0 aromatic rings. The van der Waals surface area contributed by atoms with E-state index in [1.54, 1.807) is 20.2 Å². The third-order valence-electron chi connectivity index (χ3n) is 0.972. The number of amides is 2. The minimum absolute atomic E-state index is 0.147. The number of urea groups is 1. The van der Waals surface area contributed by atoms with Crippen LogP contribution in [0.2, 0.25) is 0 Å². The van der Waals surface area contributed by atoms with E-state index < -0.39 is 0 Å². The van der Waals surface area contributed by atoms with Crippen LogP contribution in [0.15, 0.2) is 12.7 Å². The van der Waals surface area contributed by atoms with Crippen LogP contribution in [-0.4, -0.2) is 35.9 Å². The summed E-state index contributed by atoms with van der Waals surface area (Å²) >= 11 is 1.23. The van der Waals surface area contributed by atoms with Gasteiger partial charge in [0.25, 0.3) is 0 Å². The van der Waals surface area contributed by atoms with E-state index in [0.29, 0.717) is 5.75 Å². The van der Waals surface area contributed by atoms with Crippen LogP contribution in [-0.2, 0) is 0 Å². The third-order valence-corrected chi connectivity index (χ3v) is 1.77. The van der Waals surface area contributed by atoms with Crippen molar-refractivity contribution in [2.45, 2.75) is 0 Å². The molecule has 0 aliphatic carbocycles. The number of amidine groups is 1. The topological polar surface area (TPSA) is 56.2 Å². The van der Waals surface area contributed by atoms with Crippen molar-refractivity contribution in [3.63, 3.8) is 0 Å². The summed E-state index contributed by atoms with van der Waals surface area (Å²) in [6.45, 7) is 3.51. The van der Waals surface area contributed by atoms with Crippen molar-refractivity contribution in [1.82, 2.24) is 10.2 Å². The Balaban J connectivity index is 3.69. The van der Waals surface area contributed by atoms with Gasteiger partial charge in [0.2, 0.25) is 0 Å². The summed E-state index contributed by atoms with van der Waals surface area (Å²) in [5.41, 5.74) is 0. The molecule has 0 saturated carbocycles. The highest BCUT2D eigenvalue weighted by atomic mass is 32.2. The normalized spacial score (nSPS) is 8.83. The summed E-state index contributed by atoms with van der Waals surface area (Å²) in [5.74, 6) is 0.631. The van der Waals surface area contributed by atoms with E-state index >= 15 is 0 Å². The lowest BCUT2D eigenvalue weighted by atomic mass is 10.8. The van der Waals surface area contributed by atoms with Crippen molar-refractivity contribution < 1.29 is 4.79 Å². The molecule has 0 unspecified atom stereocenters. The molecule has 5 heteroatoms. The fraction of sp³-hybridized carbons (Fsp3) is 0.429. The Bertz CT molecular complexity index is 191. The average Bonchev–Trinajstić information content (AvgIpc) is 2.00. The van der Waals surface area contributed by atoms with E-state index in [-0.39, 0.29) is 11.2 Å². The second-order valence-corrected chi connectivity index (χ2v) is 3.28. The summed E-state index contributed by atoms with van der Waals surface area (Å²) in [6.07, 6.45) is 1.68. The lowest BCUT2D eigenvalue weighted by Gasteiger charge is -2.11. The molecule has 0 rings (SSSR count). The number of thioether (sulfide) groups is 1. The van der Waals surface area contributed by atoms with E-state index in [0.717, 1.165) is 0 Å². The van der Waals surface area contributed by atoms with Crippen molar-refractivity contribution in [1.29, 1.82) is 5.41 Å². The Morgan fingerprint density at radius 3 is 2.75 bits per heavy atom. The lowest BCUT2D eigenvalue weighted by Crippen LogP contribution is -2.37. The quantitative estimate of drug-likeness (QED) is 0.386. The van der Waals surface area contributed by atoms with Gasteiger partial charge in [-0.3, -0.25) is 10.7 Å².